The fraction of sp³-hybridized carbons (Fsp3) is 0.308. The van der Waals surface area contributed by atoms with Crippen LogP contribution in [0.1, 0.15) is 30.4 Å². The second-order valence-electron chi connectivity index (χ2n) is 8.18. The molecule has 0 fully saturated rings. The van der Waals surface area contributed by atoms with Crippen molar-refractivity contribution in [1.82, 2.24) is 4.90 Å². The number of amides is 2. The SMILES string of the molecule is CCC(=O)Nc1c([C@@H](Cc2ccccc2)C(=O)N(C)C)cc2ccccc2c1N(C)C. The zero-order chi connectivity index (χ0) is 22.5. The Bertz CT molecular complexity index is 1070. The number of nitrogens with zero attached hydrogens (tertiary/aromatic N) is 2. The number of nitrogens with one attached hydrogen (secondary N) is 1. The molecule has 1 N–H and O–H groups in total. The molecule has 3 rings (SSSR count). The molecule has 5 nitrogen and oxygen atoms in total. The van der Waals surface area contributed by atoms with Gasteiger partial charge in [0.2, 0.25) is 11.8 Å². The minimum Gasteiger partial charge on any atom is -0.375 e. The van der Waals surface area contributed by atoms with E-state index in [4.69, 9.17) is 0 Å². The van der Waals surface area contributed by atoms with E-state index in [2.05, 4.69) is 23.5 Å². The Kier molecular flexibility index (Phi) is 6.95. The third-order valence-electron chi connectivity index (χ3n) is 5.48. The largest absolute Gasteiger partial charge is 0.375 e. The summed E-state index contributed by atoms with van der Waals surface area (Å²) in [6.07, 6.45) is 0.919. The van der Waals surface area contributed by atoms with E-state index >= 15 is 0 Å². The van der Waals surface area contributed by atoms with Gasteiger partial charge in [-0.3, -0.25) is 9.59 Å². The predicted molar refractivity (Wildman–Crippen MR) is 129 cm³/mol. The minimum absolute atomic E-state index is 0.0100. The molecule has 162 valence electrons. The van der Waals surface area contributed by atoms with Crippen LogP contribution in [-0.4, -0.2) is 44.9 Å². The van der Waals surface area contributed by atoms with Gasteiger partial charge in [0.25, 0.3) is 0 Å². The van der Waals surface area contributed by atoms with Gasteiger partial charge in [0.15, 0.2) is 0 Å². The van der Waals surface area contributed by atoms with Gasteiger partial charge in [0.1, 0.15) is 0 Å². The van der Waals surface area contributed by atoms with Gasteiger partial charge in [0, 0.05) is 40.0 Å². The number of benzene rings is 3. The molecule has 0 heterocycles. The topological polar surface area (TPSA) is 52.7 Å². The Morgan fingerprint density at radius 1 is 0.935 bits per heavy atom. The quantitative estimate of drug-likeness (QED) is 0.608. The lowest BCUT2D eigenvalue weighted by atomic mass is 9.87. The Hall–Kier alpha value is -3.34. The maximum atomic E-state index is 13.4. The number of hydrogen-bond donors (Lipinski definition) is 1. The molecule has 0 spiro atoms. The molecule has 0 aliphatic rings. The van der Waals surface area contributed by atoms with Gasteiger partial charge < -0.3 is 15.1 Å². The Balaban J connectivity index is 2.30. The van der Waals surface area contributed by atoms with Gasteiger partial charge in [-0.1, -0.05) is 61.5 Å². The lowest BCUT2D eigenvalue weighted by Gasteiger charge is -2.28. The van der Waals surface area contributed by atoms with E-state index in [1.54, 1.807) is 19.0 Å². The Morgan fingerprint density at radius 3 is 2.19 bits per heavy atom. The van der Waals surface area contributed by atoms with Gasteiger partial charge >= 0.3 is 0 Å². The normalized spacial score (nSPS) is 11.8. The first kappa shape index (κ1) is 22.3. The summed E-state index contributed by atoms with van der Waals surface area (Å²) in [7, 11) is 7.48. The Morgan fingerprint density at radius 2 is 1.58 bits per heavy atom. The van der Waals surface area contributed by atoms with Gasteiger partial charge in [-0.25, -0.2) is 0 Å². The van der Waals surface area contributed by atoms with E-state index in [0.29, 0.717) is 18.5 Å². The fourth-order valence-electron chi connectivity index (χ4n) is 3.94. The molecule has 0 aromatic heterocycles. The highest BCUT2D eigenvalue weighted by atomic mass is 16.2. The molecule has 0 saturated carbocycles. The molecule has 0 unspecified atom stereocenters. The first-order chi connectivity index (χ1) is 14.8. The summed E-state index contributed by atoms with van der Waals surface area (Å²) in [6, 6.07) is 20.2. The predicted octanol–water partition coefficient (Wildman–Crippen LogP) is 4.67. The van der Waals surface area contributed by atoms with Crippen LogP contribution in [0.4, 0.5) is 11.4 Å². The van der Waals surface area contributed by atoms with Crippen molar-refractivity contribution >= 4 is 34.0 Å². The van der Waals surface area contributed by atoms with E-state index in [0.717, 1.165) is 27.6 Å². The molecule has 3 aromatic carbocycles. The van der Waals surface area contributed by atoms with Crippen molar-refractivity contribution in [3.8, 4) is 0 Å². The van der Waals surface area contributed by atoms with Crippen molar-refractivity contribution in [2.75, 3.05) is 38.4 Å². The third kappa shape index (κ3) is 4.88. The number of hydrogen-bond acceptors (Lipinski definition) is 3. The summed E-state index contributed by atoms with van der Waals surface area (Å²) < 4.78 is 0. The number of fused-ring (bicyclic) bond motifs is 1. The van der Waals surface area contributed by atoms with Crippen LogP contribution >= 0.6 is 0 Å². The minimum atomic E-state index is -0.423. The molecule has 3 aromatic rings. The summed E-state index contributed by atoms with van der Waals surface area (Å²) in [5.41, 5.74) is 3.55. The van der Waals surface area contributed by atoms with Crippen LogP contribution in [0, 0.1) is 0 Å². The number of anilines is 2. The zero-order valence-electron chi connectivity index (χ0n) is 19.0. The van der Waals surface area contributed by atoms with E-state index in [1.165, 1.54) is 0 Å². The highest BCUT2D eigenvalue weighted by Gasteiger charge is 2.29. The average Bonchev–Trinajstić information content (AvgIpc) is 2.76. The summed E-state index contributed by atoms with van der Waals surface area (Å²) in [4.78, 5) is 29.5. The van der Waals surface area contributed by atoms with E-state index in [-0.39, 0.29) is 11.8 Å². The van der Waals surface area contributed by atoms with Crippen LogP contribution in [0.25, 0.3) is 10.8 Å². The summed E-state index contributed by atoms with van der Waals surface area (Å²) in [5.74, 6) is -0.487. The standard InChI is InChI=1S/C26H31N3O2/c1-6-23(30)27-24-21(17-19-14-10-11-15-20(19)25(24)28(2)3)22(26(31)29(4)5)16-18-12-8-7-9-13-18/h7-15,17,22H,6,16H2,1-5H3,(H,27,30)/t22-/m1/s1. The maximum Gasteiger partial charge on any atom is 0.230 e. The third-order valence-corrected chi connectivity index (χ3v) is 5.48. The summed E-state index contributed by atoms with van der Waals surface area (Å²) in [6.45, 7) is 1.83. The van der Waals surface area contributed by atoms with Crippen molar-refractivity contribution in [2.24, 2.45) is 0 Å². The molecule has 0 radical (unpaired) electrons. The fourth-order valence-corrected chi connectivity index (χ4v) is 3.94. The van der Waals surface area contributed by atoms with Crippen molar-refractivity contribution in [1.29, 1.82) is 0 Å². The first-order valence-electron chi connectivity index (χ1n) is 10.6. The van der Waals surface area contributed by atoms with Crippen molar-refractivity contribution < 1.29 is 9.59 Å². The molecule has 0 saturated heterocycles. The van der Waals surface area contributed by atoms with E-state index < -0.39 is 5.92 Å². The van der Waals surface area contributed by atoms with Crippen LogP contribution in [-0.2, 0) is 16.0 Å². The van der Waals surface area contributed by atoms with Crippen LogP contribution < -0.4 is 10.2 Å². The van der Waals surface area contributed by atoms with Crippen molar-refractivity contribution in [3.05, 3.63) is 71.8 Å². The molecule has 1 atom stereocenters. The number of carbonyl (C=O) groups excluding carboxylic acids is 2. The number of likely N-dealkylation sites (N-methyl/N-ethyl adjacent to an activating group) is 1. The monoisotopic (exact) mass is 417 g/mol. The van der Waals surface area contributed by atoms with E-state index in [1.807, 2.05) is 68.4 Å². The highest BCUT2D eigenvalue weighted by molar-refractivity contribution is 6.07. The van der Waals surface area contributed by atoms with Crippen molar-refractivity contribution in [3.63, 3.8) is 0 Å². The molecule has 0 bridgehead atoms. The summed E-state index contributed by atoms with van der Waals surface area (Å²) >= 11 is 0. The van der Waals surface area contributed by atoms with Gasteiger partial charge in [-0.15, -0.1) is 0 Å². The van der Waals surface area contributed by atoms with Crippen LogP contribution in [0.3, 0.4) is 0 Å². The lowest BCUT2D eigenvalue weighted by Crippen LogP contribution is -2.31. The molecule has 0 aliphatic carbocycles. The second-order valence-corrected chi connectivity index (χ2v) is 8.18. The average molecular weight is 418 g/mol. The number of carbonyl (C=O) groups is 2. The maximum absolute atomic E-state index is 13.4. The van der Waals surface area contributed by atoms with Crippen LogP contribution in [0.5, 0.6) is 0 Å². The highest BCUT2D eigenvalue weighted by Crippen LogP contribution is 2.41. The molecular weight excluding hydrogens is 386 g/mol. The zero-order valence-corrected chi connectivity index (χ0v) is 19.0. The van der Waals surface area contributed by atoms with Crippen molar-refractivity contribution in [2.45, 2.75) is 25.7 Å². The molecule has 0 aliphatic heterocycles. The van der Waals surface area contributed by atoms with Gasteiger partial charge in [-0.05, 0) is 29.0 Å². The number of rotatable bonds is 7. The smallest absolute Gasteiger partial charge is 0.230 e. The Labute approximate surface area is 184 Å². The molecular formula is C26H31N3O2. The van der Waals surface area contributed by atoms with Crippen LogP contribution in [0.15, 0.2) is 60.7 Å². The molecule has 31 heavy (non-hydrogen) atoms. The van der Waals surface area contributed by atoms with Gasteiger partial charge in [-0.2, -0.15) is 0 Å². The van der Waals surface area contributed by atoms with Gasteiger partial charge in [0.05, 0.1) is 17.3 Å². The van der Waals surface area contributed by atoms with E-state index in [9.17, 15) is 9.59 Å². The summed E-state index contributed by atoms with van der Waals surface area (Å²) in [5, 5.41) is 5.19. The first-order valence-corrected chi connectivity index (χ1v) is 10.6. The molecule has 2 amide bonds. The van der Waals surface area contributed by atoms with Crippen LogP contribution in [0.2, 0.25) is 0 Å². The second kappa shape index (κ2) is 9.65. The lowest BCUT2D eigenvalue weighted by molar-refractivity contribution is -0.130. The molecule has 5 heteroatoms.